The molecule has 0 fully saturated rings. The summed E-state index contributed by atoms with van der Waals surface area (Å²) >= 11 is 0. The average Bonchev–Trinajstić information content (AvgIpc) is 3.12. The third-order valence-electron chi connectivity index (χ3n) is 4.70. The van der Waals surface area contributed by atoms with E-state index in [-0.39, 0.29) is 11.9 Å². The van der Waals surface area contributed by atoms with Crippen LogP contribution in [0.1, 0.15) is 46.0 Å². The lowest BCUT2D eigenvalue weighted by Gasteiger charge is -2.16. The molecule has 0 unspecified atom stereocenters. The van der Waals surface area contributed by atoms with Gasteiger partial charge in [0.25, 0.3) is 5.91 Å². The van der Waals surface area contributed by atoms with Crippen molar-refractivity contribution >= 4 is 33.3 Å². The largest absolute Gasteiger partial charge is 0.462 e. The van der Waals surface area contributed by atoms with Crippen molar-refractivity contribution in [2.75, 3.05) is 29.0 Å². The van der Waals surface area contributed by atoms with Crippen LogP contribution in [-0.4, -0.2) is 39.7 Å². The predicted molar refractivity (Wildman–Crippen MR) is 112 cm³/mol. The van der Waals surface area contributed by atoms with E-state index in [2.05, 4.69) is 5.32 Å². The second kappa shape index (κ2) is 8.65. The standard InChI is InChI=1S/C21H24N2O5S/c1-3-4-13-28-21(25)15-5-8-18(9-6-15)22-20(24)17-7-10-19-16(14-17)11-12-23(19)29(2,26)27/h5-10,14H,3-4,11-13H2,1-2H3,(H,22,24). The number of esters is 1. The number of carbonyl (C=O) groups is 2. The van der Waals surface area contributed by atoms with Gasteiger partial charge in [0.15, 0.2) is 0 Å². The Hall–Kier alpha value is -2.87. The highest BCUT2D eigenvalue weighted by Gasteiger charge is 2.26. The van der Waals surface area contributed by atoms with Crippen LogP contribution in [0, 0.1) is 0 Å². The first kappa shape index (κ1) is 20.9. The predicted octanol–water partition coefficient (Wildman–Crippen LogP) is 3.22. The highest BCUT2D eigenvalue weighted by atomic mass is 32.2. The van der Waals surface area contributed by atoms with Crippen molar-refractivity contribution in [2.45, 2.75) is 26.2 Å². The number of carbonyl (C=O) groups excluding carboxylic acids is 2. The number of unbranched alkanes of at least 4 members (excludes halogenated alkanes) is 1. The van der Waals surface area contributed by atoms with Gasteiger partial charge in [-0.15, -0.1) is 0 Å². The van der Waals surface area contributed by atoms with E-state index in [0.29, 0.717) is 42.1 Å². The van der Waals surface area contributed by atoms with Gasteiger partial charge in [-0.3, -0.25) is 9.10 Å². The van der Waals surface area contributed by atoms with Gasteiger partial charge in [0, 0.05) is 17.8 Å². The number of hydrogen-bond donors (Lipinski definition) is 1. The molecule has 3 rings (SSSR count). The van der Waals surface area contributed by atoms with E-state index in [1.54, 1.807) is 42.5 Å². The van der Waals surface area contributed by atoms with Gasteiger partial charge in [-0.25, -0.2) is 13.2 Å². The van der Waals surface area contributed by atoms with Crippen LogP contribution in [0.5, 0.6) is 0 Å². The Morgan fingerprint density at radius 3 is 2.45 bits per heavy atom. The van der Waals surface area contributed by atoms with Gasteiger partial charge in [0.2, 0.25) is 10.0 Å². The maximum Gasteiger partial charge on any atom is 0.338 e. The quantitative estimate of drug-likeness (QED) is 0.553. The minimum Gasteiger partial charge on any atom is -0.462 e. The highest BCUT2D eigenvalue weighted by Crippen LogP contribution is 2.30. The first-order chi connectivity index (χ1) is 13.8. The van der Waals surface area contributed by atoms with E-state index in [1.807, 2.05) is 6.92 Å². The van der Waals surface area contributed by atoms with Crippen LogP contribution in [0.15, 0.2) is 42.5 Å². The second-order valence-corrected chi connectivity index (χ2v) is 8.86. The number of anilines is 2. The fraction of sp³-hybridized carbons (Fsp3) is 0.333. The molecule has 0 saturated carbocycles. The Bertz CT molecular complexity index is 1020. The lowest BCUT2D eigenvalue weighted by atomic mass is 10.1. The molecular formula is C21H24N2O5S. The molecule has 7 nitrogen and oxygen atoms in total. The molecule has 2 aromatic carbocycles. The van der Waals surface area contributed by atoms with Crippen LogP contribution in [0.25, 0.3) is 0 Å². The van der Waals surface area contributed by atoms with Gasteiger partial charge in [-0.2, -0.15) is 0 Å². The van der Waals surface area contributed by atoms with Crippen LogP contribution in [-0.2, 0) is 21.2 Å². The maximum atomic E-state index is 12.6. The van der Waals surface area contributed by atoms with Gasteiger partial charge in [0.1, 0.15) is 0 Å². The van der Waals surface area contributed by atoms with Gasteiger partial charge < -0.3 is 10.1 Å². The smallest absolute Gasteiger partial charge is 0.338 e. The monoisotopic (exact) mass is 416 g/mol. The summed E-state index contributed by atoms with van der Waals surface area (Å²) in [5.41, 5.74) is 2.88. The summed E-state index contributed by atoms with van der Waals surface area (Å²) in [6.07, 6.45) is 3.51. The molecule has 0 radical (unpaired) electrons. The van der Waals surface area contributed by atoms with Gasteiger partial charge in [-0.05, 0) is 60.9 Å². The SMILES string of the molecule is CCCCOC(=O)c1ccc(NC(=O)c2ccc3c(c2)CCN3S(C)(=O)=O)cc1. The summed E-state index contributed by atoms with van der Waals surface area (Å²) in [6, 6.07) is 11.5. The van der Waals surface area contributed by atoms with Crippen molar-refractivity contribution in [3.63, 3.8) is 0 Å². The molecule has 0 spiro atoms. The Balaban J connectivity index is 1.66. The summed E-state index contributed by atoms with van der Waals surface area (Å²) in [5, 5.41) is 2.79. The van der Waals surface area contributed by atoms with Crippen LogP contribution in [0.3, 0.4) is 0 Å². The summed E-state index contributed by atoms with van der Waals surface area (Å²) in [4.78, 5) is 24.5. The van der Waals surface area contributed by atoms with Crippen molar-refractivity contribution in [2.24, 2.45) is 0 Å². The molecule has 0 saturated heterocycles. The third-order valence-corrected chi connectivity index (χ3v) is 5.88. The van der Waals surface area contributed by atoms with E-state index in [4.69, 9.17) is 4.74 Å². The summed E-state index contributed by atoms with van der Waals surface area (Å²) < 4.78 is 30.1. The first-order valence-electron chi connectivity index (χ1n) is 9.49. The van der Waals surface area contributed by atoms with Gasteiger partial charge in [-0.1, -0.05) is 13.3 Å². The van der Waals surface area contributed by atoms with E-state index in [1.165, 1.54) is 10.6 Å². The molecule has 1 aliphatic heterocycles. The number of nitrogens with zero attached hydrogens (tertiary/aromatic N) is 1. The van der Waals surface area contributed by atoms with Crippen LogP contribution >= 0.6 is 0 Å². The minimum absolute atomic E-state index is 0.302. The second-order valence-electron chi connectivity index (χ2n) is 6.95. The number of nitrogens with one attached hydrogen (secondary N) is 1. The molecule has 8 heteroatoms. The van der Waals surface area contributed by atoms with Gasteiger partial charge in [0.05, 0.1) is 24.1 Å². The first-order valence-corrected chi connectivity index (χ1v) is 11.3. The lowest BCUT2D eigenvalue weighted by Crippen LogP contribution is -2.27. The zero-order valence-electron chi connectivity index (χ0n) is 16.5. The third kappa shape index (κ3) is 4.95. The van der Waals surface area contributed by atoms with Crippen LogP contribution in [0.4, 0.5) is 11.4 Å². The number of fused-ring (bicyclic) bond motifs is 1. The molecule has 0 aliphatic carbocycles. The van der Waals surface area contributed by atoms with E-state index in [9.17, 15) is 18.0 Å². The number of benzene rings is 2. The number of sulfonamides is 1. The van der Waals surface area contributed by atoms with E-state index < -0.39 is 10.0 Å². The fourth-order valence-corrected chi connectivity index (χ4v) is 4.10. The molecule has 29 heavy (non-hydrogen) atoms. The topological polar surface area (TPSA) is 92.8 Å². The van der Waals surface area contributed by atoms with Crippen LogP contribution < -0.4 is 9.62 Å². The van der Waals surface area contributed by atoms with Crippen LogP contribution in [0.2, 0.25) is 0 Å². The van der Waals surface area contributed by atoms with Crippen molar-refractivity contribution in [3.8, 4) is 0 Å². The van der Waals surface area contributed by atoms with Crippen molar-refractivity contribution in [1.82, 2.24) is 0 Å². The van der Waals surface area contributed by atoms with E-state index >= 15 is 0 Å². The number of rotatable bonds is 7. The van der Waals surface area contributed by atoms with Gasteiger partial charge >= 0.3 is 5.97 Å². The average molecular weight is 416 g/mol. The Morgan fingerprint density at radius 2 is 1.79 bits per heavy atom. The molecule has 0 aromatic heterocycles. The summed E-state index contributed by atoms with van der Waals surface area (Å²) in [6.45, 7) is 2.80. The molecule has 154 valence electrons. The zero-order valence-corrected chi connectivity index (χ0v) is 17.3. The Labute approximate surface area is 170 Å². The zero-order chi connectivity index (χ0) is 21.0. The van der Waals surface area contributed by atoms with Crippen molar-refractivity contribution in [3.05, 3.63) is 59.2 Å². The van der Waals surface area contributed by atoms with Crippen molar-refractivity contribution in [1.29, 1.82) is 0 Å². The van der Waals surface area contributed by atoms with Crippen molar-refractivity contribution < 1.29 is 22.7 Å². The molecular weight excluding hydrogens is 392 g/mol. The molecule has 1 aliphatic rings. The molecule has 1 N–H and O–H groups in total. The molecule has 0 atom stereocenters. The number of hydrogen-bond acceptors (Lipinski definition) is 5. The summed E-state index contributed by atoms with van der Waals surface area (Å²) in [5.74, 6) is -0.686. The fourth-order valence-electron chi connectivity index (χ4n) is 3.14. The lowest BCUT2D eigenvalue weighted by molar-refractivity contribution is 0.0499. The number of amides is 1. The Kier molecular flexibility index (Phi) is 6.22. The highest BCUT2D eigenvalue weighted by molar-refractivity contribution is 7.92. The molecule has 2 aromatic rings. The minimum atomic E-state index is -3.32. The maximum absolute atomic E-state index is 12.6. The molecule has 0 bridgehead atoms. The summed E-state index contributed by atoms with van der Waals surface area (Å²) in [7, 11) is -3.32. The number of ether oxygens (including phenoxy) is 1. The molecule has 1 amide bonds. The van der Waals surface area contributed by atoms with E-state index in [0.717, 1.165) is 18.4 Å². The normalized spacial score (nSPS) is 13.1. The Morgan fingerprint density at radius 1 is 1.10 bits per heavy atom. The molecule has 1 heterocycles.